The van der Waals surface area contributed by atoms with E-state index in [-0.39, 0.29) is 18.5 Å². The van der Waals surface area contributed by atoms with Gasteiger partial charge in [0, 0.05) is 75.5 Å². The number of carbonyl (C=O) groups excluding carboxylic acids is 1. The van der Waals surface area contributed by atoms with Crippen LogP contribution in [-0.2, 0) is 48.4 Å². The van der Waals surface area contributed by atoms with Crippen LogP contribution in [0.3, 0.4) is 0 Å². The Morgan fingerprint density at radius 1 is 1.05 bits per heavy atom. The fraction of sp³-hybridized carbons (Fsp3) is 0.467. The highest BCUT2D eigenvalue weighted by Gasteiger charge is 2.26. The molecule has 0 radical (unpaired) electrons. The highest BCUT2D eigenvalue weighted by molar-refractivity contribution is 5.76. The Hall–Kier alpha value is -4.16. The Morgan fingerprint density at radius 2 is 1.79 bits per heavy atom. The van der Waals surface area contributed by atoms with Crippen LogP contribution in [0.2, 0.25) is 0 Å². The fourth-order valence-electron chi connectivity index (χ4n) is 6.35. The summed E-state index contributed by atoms with van der Waals surface area (Å²) in [5.41, 5.74) is 7.32. The number of likely N-dealkylation sites (tertiary alicyclic amines) is 1. The van der Waals surface area contributed by atoms with E-state index >= 15 is 0 Å². The van der Waals surface area contributed by atoms with Crippen molar-refractivity contribution in [3.63, 3.8) is 0 Å². The number of piperidine rings is 1. The first-order valence-corrected chi connectivity index (χ1v) is 14.7. The smallest absolute Gasteiger partial charge is 0.244 e. The summed E-state index contributed by atoms with van der Waals surface area (Å²) in [6.45, 7) is 3.84. The Bertz CT molecular complexity index is 1510. The molecular weight excluding hydrogens is 532 g/mol. The van der Waals surface area contributed by atoms with Crippen molar-refractivity contribution in [2.45, 2.75) is 63.9 Å². The van der Waals surface area contributed by atoms with Gasteiger partial charge in [0.05, 0.1) is 24.0 Å². The number of ether oxygens (including phenoxy) is 1. The number of carbonyl (C=O) groups is 1. The van der Waals surface area contributed by atoms with E-state index in [1.807, 2.05) is 23.5 Å². The van der Waals surface area contributed by atoms with E-state index in [1.165, 1.54) is 11.1 Å². The average molecular weight is 569 g/mol. The zero-order valence-corrected chi connectivity index (χ0v) is 23.9. The molecule has 42 heavy (non-hydrogen) atoms. The van der Waals surface area contributed by atoms with E-state index in [0.29, 0.717) is 38.1 Å². The number of aromatic amines is 1. The summed E-state index contributed by atoms with van der Waals surface area (Å²) < 4.78 is 7.32. The summed E-state index contributed by atoms with van der Waals surface area (Å²) in [6, 6.07) is 8.86. The lowest BCUT2D eigenvalue weighted by atomic mass is 10.1. The van der Waals surface area contributed by atoms with Crippen LogP contribution in [0, 0.1) is 0 Å². The van der Waals surface area contributed by atoms with Gasteiger partial charge in [-0.05, 0) is 36.8 Å². The van der Waals surface area contributed by atoms with E-state index < -0.39 is 0 Å². The summed E-state index contributed by atoms with van der Waals surface area (Å²) in [5.74, 6) is 0.637. The van der Waals surface area contributed by atoms with E-state index in [2.05, 4.69) is 59.9 Å². The van der Waals surface area contributed by atoms with Crippen molar-refractivity contribution in [3.8, 4) is 11.1 Å². The van der Waals surface area contributed by atoms with Crippen LogP contribution in [-0.4, -0.2) is 89.8 Å². The van der Waals surface area contributed by atoms with Gasteiger partial charge in [0.1, 0.15) is 12.2 Å². The lowest BCUT2D eigenvalue weighted by Crippen LogP contribution is -2.38. The molecule has 218 valence electrons. The van der Waals surface area contributed by atoms with Crippen LogP contribution in [0.15, 0.2) is 42.9 Å². The fourth-order valence-corrected chi connectivity index (χ4v) is 6.35. The molecule has 0 unspecified atom stereocenters. The number of hydrogen-bond acceptors (Lipinski definition) is 9. The summed E-state index contributed by atoms with van der Waals surface area (Å²) in [7, 11) is 1.78. The van der Waals surface area contributed by atoms with Gasteiger partial charge in [-0.15, -0.1) is 0 Å². The van der Waals surface area contributed by atoms with E-state index in [4.69, 9.17) is 9.84 Å². The van der Waals surface area contributed by atoms with Crippen LogP contribution in [0.5, 0.6) is 0 Å². The van der Waals surface area contributed by atoms with E-state index in [1.54, 1.807) is 11.8 Å². The van der Waals surface area contributed by atoms with Gasteiger partial charge < -0.3 is 15.0 Å². The Balaban J connectivity index is 1.07. The van der Waals surface area contributed by atoms with Crippen molar-refractivity contribution in [2.24, 2.45) is 0 Å². The second-order valence-electron chi connectivity index (χ2n) is 11.5. The van der Waals surface area contributed by atoms with Crippen molar-refractivity contribution < 1.29 is 9.53 Å². The van der Waals surface area contributed by atoms with Gasteiger partial charge in [-0.25, -0.2) is 9.97 Å². The molecule has 5 heterocycles. The zero-order valence-electron chi connectivity index (χ0n) is 23.9. The summed E-state index contributed by atoms with van der Waals surface area (Å²) in [6.07, 6.45) is 10.6. The van der Waals surface area contributed by atoms with Gasteiger partial charge >= 0.3 is 0 Å². The summed E-state index contributed by atoms with van der Waals surface area (Å²) in [4.78, 5) is 26.8. The molecule has 0 spiro atoms. The molecule has 12 nitrogen and oxygen atoms in total. The number of nitrogens with zero attached hydrogens (tertiary/aromatic N) is 8. The highest BCUT2D eigenvalue weighted by atomic mass is 16.5. The van der Waals surface area contributed by atoms with Crippen LogP contribution in [0.4, 0.5) is 5.95 Å². The molecule has 0 saturated carbocycles. The molecular formula is C30H36N10O2. The Labute approximate surface area is 244 Å². The molecule has 3 aliphatic rings. The van der Waals surface area contributed by atoms with Gasteiger partial charge in [-0.3, -0.25) is 14.4 Å². The molecule has 4 aromatic rings. The molecule has 7 rings (SSSR count). The highest BCUT2D eigenvalue weighted by Crippen LogP contribution is 2.27. The van der Waals surface area contributed by atoms with Crippen molar-refractivity contribution in [1.82, 2.24) is 45.0 Å². The number of hydrogen-bond donors (Lipinski definition) is 2. The lowest BCUT2D eigenvalue weighted by molar-refractivity contribution is -0.133. The van der Waals surface area contributed by atoms with Crippen molar-refractivity contribution >= 4 is 11.9 Å². The molecule has 1 fully saturated rings. The van der Waals surface area contributed by atoms with E-state index in [0.717, 1.165) is 67.0 Å². The van der Waals surface area contributed by atoms with E-state index in [9.17, 15) is 4.79 Å². The van der Waals surface area contributed by atoms with Gasteiger partial charge in [0.2, 0.25) is 11.9 Å². The first kappa shape index (κ1) is 26.7. The number of aromatic nitrogens is 7. The van der Waals surface area contributed by atoms with Crippen LogP contribution in [0.25, 0.3) is 11.1 Å². The molecule has 1 saturated heterocycles. The van der Waals surface area contributed by atoms with Crippen LogP contribution < -0.4 is 5.32 Å². The number of anilines is 1. The molecule has 1 aromatic carbocycles. The van der Waals surface area contributed by atoms with Gasteiger partial charge in [0.15, 0.2) is 0 Å². The molecule has 2 N–H and O–H groups in total. The van der Waals surface area contributed by atoms with Crippen LogP contribution >= 0.6 is 0 Å². The lowest BCUT2D eigenvalue weighted by Gasteiger charge is -2.30. The third kappa shape index (κ3) is 5.64. The summed E-state index contributed by atoms with van der Waals surface area (Å²) >= 11 is 0. The van der Waals surface area contributed by atoms with Gasteiger partial charge in [-0.1, -0.05) is 24.3 Å². The Morgan fingerprint density at radius 3 is 2.52 bits per heavy atom. The average Bonchev–Trinajstić information content (AvgIpc) is 3.75. The van der Waals surface area contributed by atoms with Crippen LogP contribution in [0.1, 0.15) is 41.1 Å². The zero-order chi connectivity index (χ0) is 28.5. The third-order valence-electron chi connectivity index (χ3n) is 8.74. The monoisotopic (exact) mass is 568 g/mol. The number of H-pyrrole nitrogens is 1. The number of methoxy groups -OCH3 is 1. The second-order valence-corrected chi connectivity index (χ2v) is 11.5. The molecule has 0 atom stereocenters. The molecule has 1 amide bonds. The third-order valence-corrected chi connectivity index (χ3v) is 8.74. The number of nitrogens with one attached hydrogen (secondary N) is 2. The maximum atomic E-state index is 13.3. The minimum absolute atomic E-state index is 0.0125. The maximum Gasteiger partial charge on any atom is 0.244 e. The quantitative estimate of drug-likeness (QED) is 0.329. The standard InChI is InChI=1S/C30H36N10O2/c1-42-24-6-9-38(10-7-24)17-27-25(16-40(36-27)19-29(41)39-11-8-26-28(18-39)35-37-34-26)22-14-31-30(32-15-22)33-23-12-20-4-2-3-5-21(20)13-23/h2-5,14-16,23-24H,6-13,17-19H2,1H3,(H,31,32,33)(H,34,35,37). The second kappa shape index (κ2) is 11.6. The SMILES string of the molecule is COC1CCN(Cc2nn(CC(=O)N3CCc4n[nH]nc4C3)cc2-c2cnc(NC3Cc4ccccc4C3)nc2)CC1. The predicted octanol–water partition coefficient (Wildman–Crippen LogP) is 2.23. The van der Waals surface area contributed by atoms with Gasteiger partial charge in [0.25, 0.3) is 0 Å². The molecule has 2 aliphatic heterocycles. The summed E-state index contributed by atoms with van der Waals surface area (Å²) in [5, 5.41) is 19.4. The minimum atomic E-state index is 0.0125. The first-order chi connectivity index (χ1) is 20.6. The Kier molecular flexibility index (Phi) is 7.39. The maximum absolute atomic E-state index is 13.3. The molecule has 0 bridgehead atoms. The number of rotatable bonds is 8. The van der Waals surface area contributed by atoms with Crippen molar-refractivity contribution in [3.05, 3.63) is 71.1 Å². The largest absolute Gasteiger partial charge is 0.381 e. The number of fused-ring (bicyclic) bond motifs is 2. The van der Waals surface area contributed by atoms with Crippen molar-refractivity contribution in [1.29, 1.82) is 0 Å². The molecule has 3 aromatic heterocycles. The topological polar surface area (TPSA) is 130 Å². The van der Waals surface area contributed by atoms with Gasteiger partial charge in [-0.2, -0.15) is 20.5 Å². The minimum Gasteiger partial charge on any atom is -0.381 e. The number of benzene rings is 1. The van der Waals surface area contributed by atoms with Crippen molar-refractivity contribution in [2.75, 3.05) is 32.1 Å². The number of amides is 1. The predicted molar refractivity (Wildman–Crippen MR) is 155 cm³/mol. The molecule has 1 aliphatic carbocycles. The molecule has 12 heteroatoms. The normalized spacial score (nSPS) is 17.8. The first-order valence-electron chi connectivity index (χ1n) is 14.7.